The van der Waals surface area contributed by atoms with E-state index in [0.717, 1.165) is 25.1 Å². The zero-order valence-electron chi connectivity index (χ0n) is 14.6. The Morgan fingerprint density at radius 3 is 2.39 bits per heavy atom. The van der Waals surface area contributed by atoms with Crippen LogP contribution in [0.5, 0.6) is 5.75 Å². The van der Waals surface area contributed by atoms with Crippen molar-refractivity contribution in [1.82, 2.24) is 5.32 Å². The molecular formula is C19H29NO3. The fourth-order valence-electron chi connectivity index (χ4n) is 3.41. The summed E-state index contributed by atoms with van der Waals surface area (Å²) in [5.41, 5.74) is 1.19. The molecule has 0 unspecified atom stereocenters. The number of hydrogen-bond donors (Lipinski definition) is 1. The van der Waals surface area contributed by atoms with Crippen molar-refractivity contribution in [3.63, 3.8) is 0 Å². The van der Waals surface area contributed by atoms with E-state index < -0.39 is 0 Å². The monoisotopic (exact) mass is 319 g/mol. The fraction of sp³-hybridized carbons (Fsp3) is 0.632. The minimum Gasteiger partial charge on any atom is -0.497 e. The Morgan fingerprint density at radius 1 is 1.17 bits per heavy atom. The zero-order chi connectivity index (χ0) is 16.7. The molecule has 1 atom stereocenters. The largest absolute Gasteiger partial charge is 0.497 e. The molecule has 1 aliphatic carbocycles. The molecule has 1 aromatic rings. The zero-order valence-corrected chi connectivity index (χ0v) is 14.6. The number of hydrogen-bond acceptors (Lipinski definition) is 4. The van der Waals surface area contributed by atoms with Gasteiger partial charge in [0.2, 0.25) is 0 Å². The SMILES string of the molecule is COC(=O)CC1(NC[C@@H](C)c2ccc(OC)cc2)CCCCC1. The van der Waals surface area contributed by atoms with E-state index in [1.165, 1.54) is 31.9 Å². The van der Waals surface area contributed by atoms with Gasteiger partial charge >= 0.3 is 5.97 Å². The summed E-state index contributed by atoms with van der Waals surface area (Å²) >= 11 is 0. The predicted molar refractivity (Wildman–Crippen MR) is 91.9 cm³/mol. The number of methoxy groups -OCH3 is 2. The van der Waals surface area contributed by atoms with Crippen molar-refractivity contribution in [2.75, 3.05) is 20.8 Å². The summed E-state index contributed by atoms with van der Waals surface area (Å²) in [6.45, 7) is 3.08. The maximum Gasteiger partial charge on any atom is 0.307 e. The quantitative estimate of drug-likeness (QED) is 0.779. The maximum atomic E-state index is 11.8. The average molecular weight is 319 g/mol. The van der Waals surface area contributed by atoms with Crippen LogP contribution in [0.15, 0.2) is 24.3 Å². The highest BCUT2D eigenvalue weighted by Gasteiger charge is 2.34. The van der Waals surface area contributed by atoms with Gasteiger partial charge in [0.25, 0.3) is 0 Å². The Morgan fingerprint density at radius 2 is 1.83 bits per heavy atom. The highest BCUT2D eigenvalue weighted by atomic mass is 16.5. The molecule has 23 heavy (non-hydrogen) atoms. The third kappa shape index (κ3) is 4.96. The van der Waals surface area contributed by atoms with Crippen molar-refractivity contribution >= 4 is 5.97 Å². The number of carbonyl (C=O) groups is 1. The molecular weight excluding hydrogens is 290 g/mol. The van der Waals surface area contributed by atoms with E-state index in [1.54, 1.807) is 7.11 Å². The van der Waals surface area contributed by atoms with Crippen LogP contribution in [0.2, 0.25) is 0 Å². The topological polar surface area (TPSA) is 47.6 Å². The molecule has 0 aliphatic heterocycles. The number of benzene rings is 1. The molecule has 4 heteroatoms. The smallest absolute Gasteiger partial charge is 0.307 e. The minimum absolute atomic E-state index is 0.0912. The van der Waals surface area contributed by atoms with Gasteiger partial charge in [-0.1, -0.05) is 38.3 Å². The molecule has 4 nitrogen and oxygen atoms in total. The lowest BCUT2D eigenvalue weighted by molar-refractivity contribution is -0.142. The summed E-state index contributed by atoms with van der Waals surface area (Å²) in [5.74, 6) is 1.15. The second-order valence-corrected chi connectivity index (χ2v) is 6.65. The van der Waals surface area contributed by atoms with Crippen molar-refractivity contribution in [2.45, 2.75) is 56.9 Å². The predicted octanol–water partition coefficient (Wildman–Crippen LogP) is 3.65. The van der Waals surface area contributed by atoms with Crippen LogP contribution in [0.3, 0.4) is 0 Å². The van der Waals surface area contributed by atoms with E-state index in [0.29, 0.717) is 12.3 Å². The van der Waals surface area contributed by atoms with Crippen LogP contribution in [0.1, 0.15) is 56.9 Å². The summed E-state index contributed by atoms with van der Waals surface area (Å²) in [4.78, 5) is 11.8. The third-order valence-corrected chi connectivity index (χ3v) is 4.99. The number of ether oxygens (including phenoxy) is 2. The van der Waals surface area contributed by atoms with Crippen LogP contribution in [-0.4, -0.2) is 32.3 Å². The van der Waals surface area contributed by atoms with Gasteiger partial charge in [0.15, 0.2) is 0 Å². The Balaban J connectivity index is 1.97. The molecule has 128 valence electrons. The van der Waals surface area contributed by atoms with Gasteiger partial charge in [-0.15, -0.1) is 0 Å². The summed E-state index contributed by atoms with van der Waals surface area (Å²) in [5, 5.41) is 3.70. The van der Waals surface area contributed by atoms with Gasteiger partial charge in [0.1, 0.15) is 5.75 Å². The van der Waals surface area contributed by atoms with Crippen LogP contribution >= 0.6 is 0 Å². The van der Waals surface area contributed by atoms with Gasteiger partial charge in [-0.3, -0.25) is 4.79 Å². The van der Waals surface area contributed by atoms with E-state index in [2.05, 4.69) is 24.4 Å². The standard InChI is InChI=1S/C19H29NO3/c1-15(16-7-9-17(22-2)10-8-16)14-20-19(13-18(21)23-3)11-5-4-6-12-19/h7-10,15,20H,4-6,11-14H2,1-3H3/t15-/m1/s1. The average Bonchev–Trinajstić information content (AvgIpc) is 2.60. The van der Waals surface area contributed by atoms with Crippen LogP contribution in [0.4, 0.5) is 0 Å². The molecule has 0 saturated heterocycles. The number of nitrogens with one attached hydrogen (secondary N) is 1. The van der Waals surface area contributed by atoms with Crippen molar-refractivity contribution < 1.29 is 14.3 Å². The number of esters is 1. The molecule has 1 aliphatic rings. The van der Waals surface area contributed by atoms with E-state index in [4.69, 9.17) is 9.47 Å². The van der Waals surface area contributed by atoms with Gasteiger partial charge in [-0.05, 0) is 36.5 Å². The highest BCUT2D eigenvalue weighted by molar-refractivity contribution is 5.70. The summed E-state index contributed by atoms with van der Waals surface area (Å²) in [6, 6.07) is 8.21. The Labute approximate surface area is 139 Å². The first-order valence-corrected chi connectivity index (χ1v) is 8.54. The van der Waals surface area contributed by atoms with Crippen LogP contribution in [-0.2, 0) is 9.53 Å². The van der Waals surface area contributed by atoms with Crippen LogP contribution in [0.25, 0.3) is 0 Å². The normalized spacial score (nSPS) is 18.2. The summed E-state index contributed by atoms with van der Waals surface area (Å²) < 4.78 is 10.1. The molecule has 1 fully saturated rings. The highest BCUT2D eigenvalue weighted by Crippen LogP contribution is 2.32. The lowest BCUT2D eigenvalue weighted by Gasteiger charge is -2.38. The summed E-state index contributed by atoms with van der Waals surface area (Å²) in [6.07, 6.45) is 6.20. The van der Waals surface area contributed by atoms with E-state index in [-0.39, 0.29) is 11.5 Å². The molecule has 1 saturated carbocycles. The molecule has 0 radical (unpaired) electrons. The van der Waals surface area contributed by atoms with Crippen molar-refractivity contribution in [2.24, 2.45) is 0 Å². The third-order valence-electron chi connectivity index (χ3n) is 4.99. The van der Waals surface area contributed by atoms with Crippen molar-refractivity contribution in [1.29, 1.82) is 0 Å². The molecule has 0 spiro atoms. The second-order valence-electron chi connectivity index (χ2n) is 6.65. The van der Waals surface area contributed by atoms with Gasteiger partial charge in [0, 0.05) is 12.1 Å². The van der Waals surface area contributed by atoms with E-state index >= 15 is 0 Å². The van der Waals surface area contributed by atoms with E-state index in [1.807, 2.05) is 12.1 Å². The van der Waals surface area contributed by atoms with Gasteiger partial charge < -0.3 is 14.8 Å². The Kier molecular flexibility index (Phi) is 6.46. The molecule has 0 bridgehead atoms. The maximum absolute atomic E-state index is 11.8. The molecule has 0 amide bonds. The van der Waals surface area contributed by atoms with Gasteiger partial charge in [-0.25, -0.2) is 0 Å². The fourth-order valence-corrected chi connectivity index (χ4v) is 3.41. The molecule has 0 aromatic heterocycles. The number of rotatable bonds is 7. The molecule has 1 aromatic carbocycles. The molecule has 1 N–H and O–H groups in total. The molecule has 2 rings (SSSR count). The Hall–Kier alpha value is -1.55. The van der Waals surface area contributed by atoms with Crippen LogP contribution < -0.4 is 10.1 Å². The summed E-state index contributed by atoms with van der Waals surface area (Å²) in [7, 11) is 3.15. The van der Waals surface area contributed by atoms with Crippen molar-refractivity contribution in [3.8, 4) is 5.75 Å². The van der Waals surface area contributed by atoms with Crippen LogP contribution in [0, 0.1) is 0 Å². The van der Waals surface area contributed by atoms with Gasteiger partial charge in [-0.2, -0.15) is 0 Å². The first-order chi connectivity index (χ1) is 11.1. The second kappa shape index (κ2) is 8.34. The minimum atomic E-state index is -0.114. The number of carbonyl (C=O) groups excluding carboxylic acids is 1. The van der Waals surface area contributed by atoms with Gasteiger partial charge in [0.05, 0.1) is 20.6 Å². The molecule has 0 heterocycles. The van der Waals surface area contributed by atoms with E-state index in [9.17, 15) is 4.79 Å². The lowest BCUT2D eigenvalue weighted by Crippen LogP contribution is -2.49. The first kappa shape index (κ1) is 17.8. The Bertz CT molecular complexity index is 492. The van der Waals surface area contributed by atoms with Crippen molar-refractivity contribution in [3.05, 3.63) is 29.8 Å². The first-order valence-electron chi connectivity index (χ1n) is 8.54. The lowest BCUT2D eigenvalue weighted by atomic mass is 9.79.